The van der Waals surface area contributed by atoms with Gasteiger partial charge in [-0.2, -0.15) is 0 Å². The molecule has 0 radical (unpaired) electrons. The Bertz CT molecular complexity index is 545. The Morgan fingerprint density at radius 1 is 1.38 bits per heavy atom. The Hall–Kier alpha value is -2.44. The molecule has 21 heavy (non-hydrogen) atoms. The van der Waals surface area contributed by atoms with E-state index in [1.54, 1.807) is 19.2 Å². The fourth-order valence-corrected chi connectivity index (χ4v) is 1.79. The van der Waals surface area contributed by atoms with Crippen molar-refractivity contribution in [2.45, 2.75) is 26.8 Å². The minimum Gasteiger partial charge on any atom is -0.480 e. The van der Waals surface area contributed by atoms with Crippen LogP contribution in [0.5, 0.6) is 0 Å². The molecular weight excluding hydrogens is 274 g/mol. The third-order valence-electron chi connectivity index (χ3n) is 2.93. The fourth-order valence-electron chi connectivity index (χ4n) is 1.79. The number of carbonyl (C=O) groups excluding carboxylic acids is 2. The summed E-state index contributed by atoms with van der Waals surface area (Å²) in [4.78, 5) is 39.6. The summed E-state index contributed by atoms with van der Waals surface area (Å²) in [6.07, 6.45) is 3.01. The van der Waals surface area contributed by atoms with Gasteiger partial charge in [-0.3, -0.25) is 14.6 Å². The van der Waals surface area contributed by atoms with E-state index in [0.29, 0.717) is 5.56 Å². The molecule has 1 atom stereocenters. The number of amides is 2. The molecule has 0 aliphatic rings. The zero-order valence-electron chi connectivity index (χ0n) is 12.3. The van der Waals surface area contributed by atoms with Gasteiger partial charge < -0.3 is 15.3 Å². The van der Waals surface area contributed by atoms with Crippen molar-refractivity contribution in [1.29, 1.82) is 0 Å². The van der Waals surface area contributed by atoms with Gasteiger partial charge in [0.1, 0.15) is 6.04 Å². The lowest BCUT2D eigenvalue weighted by molar-refractivity contribution is -0.141. The van der Waals surface area contributed by atoms with E-state index in [1.165, 1.54) is 24.9 Å². The molecule has 0 bridgehead atoms. The smallest absolute Gasteiger partial charge is 0.326 e. The first-order valence-corrected chi connectivity index (χ1v) is 6.52. The monoisotopic (exact) mass is 293 g/mol. The van der Waals surface area contributed by atoms with Crippen LogP contribution in [-0.2, 0) is 9.59 Å². The van der Waals surface area contributed by atoms with Gasteiger partial charge in [0.15, 0.2) is 0 Å². The minimum atomic E-state index is -1.10. The Morgan fingerprint density at radius 2 is 2.05 bits per heavy atom. The van der Waals surface area contributed by atoms with Crippen LogP contribution >= 0.6 is 0 Å². The summed E-state index contributed by atoms with van der Waals surface area (Å²) in [6.45, 7) is 4.89. The van der Waals surface area contributed by atoms with E-state index in [9.17, 15) is 14.4 Å². The number of carbonyl (C=O) groups is 3. The summed E-state index contributed by atoms with van der Waals surface area (Å²) in [5, 5.41) is 11.7. The SMILES string of the molecule is CC(=O)NCCN(C(=O)c1cncc(C)c1)C(C)C(=O)O. The average Bonchev–Trinajstić information content (AvgIpc) is 2.42. The number of pyridine rings is 1. The van der Waals surface area contributed by atoms with Crippen LogP contribution < -0.4 is 5.32 Å². The standard InChI is InChI=1S/C14H19N3O4/c1-9-6-12(8-15-7-9)13(19)17(10(2)14(20)21)5-4-16-11(3)18/h6-8,10H,4-5H2,1-3H3,(H,16,18)(H,20,21). The van der Waals surface area contributed by atoms with Crippen LogP contribution in [0.15, 0.2) is 18.5 Å². The Balaban J connectivity index is 2.91. The summed E-state index contributed by atoms with van der Waals surface area (Å²) >= 11 is 0. The zero-order valence-corrected chi connectivity index (χ0v) is 12.3. The number of carboxylic acids is 1. The van der Waals surface area contributed by atoms with Crippen molar-refractivity contribution in [3.63, 3.8) is 0 Å². The number of aryl methyl sites for hydroxylation is 1. The Morgan fingerprint density at radius 3 is 2.57 bits per heavy atom. The van der Waals surface area contributed by atoms with E-state index in [0.717, 1.165) is 5.56 Å². The molecule has 0 fully saturated rings. The van der Waals surface area contributed by atoms with E-state index >= 15 is 0 Å². The number of carboxylic acid groups (broad SMARTS) is 1. The molecule has 0 saturated heterocycles. The molecule has 0 aliphatic carbocycles. The summed E-state index contributed by atoms with van der Waals surface area (Å²) in [7, 11) is 0. The number of rotatable bonds is 6. The molecule has 1 rings (SSSR count). The summed E-state index contributed by atoms with van der Waals surface area (Å²) in [6, 6.07) is 0.654. The number of hydrogen-bond acceptors (Lipinski definition) is 4. The highest BCUT2D eigenvalue weighted by Gasteiger charge is 2.26. The predicted octanol–water partition coefficient (Wildman–Crippen LogP) is 0.441. The largest absolute Gasteiger partial charge is 0.480 e. The van der Waals surface area contributed by atoms with Crippen molar-refractivity contribution in [2.24, 2.45) is 0 Å². The van der Waals surface area contributed by atoms with Crippen LogP contribution in [-0.4, -0.2) is 51.9 Å². The lowest BCUT2D eigenvalue weighted by atomic mass is 10.1. The molecule has 1 aromatic heterocycles. The van der Waals surface area contributed by atoms with E-state index in [-0.39, 0.29) is 19.0 Å². The molecule has 0 spiro atoms. The van der Waals surface area contributed by atoms with Crippen LogP contribution in [0, 0.1) is 6.92 Å². The van der Waals surface area contributed by atoms with Crippen molar-refractivity contribution < 1.29 is 19.5 Å². The second kappa shape index (κ2) is 7.37. The lowest BCUT2D eigenvalue weighted by Crippen LogP contribution is -2.46. The van der Waals surface area contributed by atoms with Crippen molar-refractivity contribution >= 4 is 17.8 Å². The van der Waals surface area contributed by atoms with Crippen molar-refractivity contribution in [2.75, 3.05) is 13.1 Å². The van der Waals surface area contributed by atoms with Crippen molar-refractivity contribution in [3.8, 4) is 0 Å². The van der Waals surface area contributed by atoms with Crippen LogP contribution in [0.3, 0.4) is 0 Å². The minimum absolute atomic E-state index is 0.111. The van der Waals surface area contributed by atoms with Gasteiger partial charge in [-0.25, -0.2) is 4.79 Å². The molecule has 7 nitrogen and oxygen atoms in total. The zero-order chi connectivity index (χ0) is 16.0. The third kappa shape index (κ3) is 4.87. The molecule has 1 aromatic rings. The van der Waals surface area contributed by atoms with Crippen molar-refractivity contribution in [3.05, 3.63) is 29.6 Å². The fraction of sp³-hybridized carbons (Fsp3) is 0.429. The number of aromatic nitrogens is 1. The first-order chi connectivity index (χ1) is 9.82. The third-order valence-corrected chi connectivity index (χ3v) is 2.93. The number of nitrogens with zero attached hydrogens (tertiary/aromatic N) is 2. The molecule has 1 unspecified atom stereocenters. The number of nitrogens with one attached hydrogen (secondary N) is 1. The van der Waals surface area contributed by atoms with E-state index < -0.39 is 17.9 Å². The van der Waals surface area contributed by atoms with Gasteiger partial charge in [0.05, 0.1) is 5.56 Å². The molecule has 2 amide bonds. The molecule has 0 aromatic carbocycles. The summed E-state index contributed by atoms with van der Waals surface area (Å²) in [5.74, 6) is -1.76. The molecule has 114 valence electrons. The van der Waals surface area contributed by atoms with Gasteiger partial charge >= 0.3 is 5.97 Å². The van der Waals surface area contributed by atoms with Crippen LogP contribution in [0.1, 0.15) is 29.8 Å². The maximum absolute atomic E-state index is 12.4. The van der Waals surface area contributed by atoms with Crippen LogP contribution in [0.2, 0.25) is 0 Å². The van der Waals surface area contributed by atoms with E-state index in [1.807, 2.05) is 0 Å². The molecule has 0 aliphatic heterocycles. The van der Waals surface area contributed by atoms with Gasteiger partial charge in [0.2, 0.25) is 5.91 Å². The topological polar surface area (TPSA) is 99.6 Å². The van der Waals surface area contributed by atoms with Crippen molar-refractivity contribution in [1.82, 2.24) is 15.2 Å². The number of aliphatic carboxylic acids is 1. The van der Waals surface area contributed by atoms with Gasteiger partial charge in [0, 0.05) is 32.4 Å². The second-order valence-corrected chi connectivity index (χ2v) is 4.75. The first-order valence-electron chi connectivity index (χ1n) is 6.52. The molecule has 7 heteroatoms. The highest BCUT2D eigenvalue weighted by atomic mass is 16.4. The van der Waals surface area contributed by atoms with Gasteiger partial charge in [-0.1, -0.05) is 0 Å². The molecule has 2 N–H and O–H groups in total. The van der Waals surface area contributed by atoms with Crippen LogP contribution in [0.25, 0.3) is 0 Å². The molecular formula is C14H19N3O4. The Labute approximate surface area is 123 Å². The van der Waals surface area contributed by atoms with Gasteiger partial charge in [-0.05, 0) is 25.5 Å². The van der Waals surface area contributed by atoms with Gasteiger partial charge in [-0.15, -0.1) is 0 Å². The number of hydrogen-bond donors (Lipinski definition) is 2. The Kier molecular flexibility index (Phi) is 5.83. The summed E-state index contributed by atoms with van der Waals surface area (Å²) in [5.41, 5.74) is 1.14. The second-order valence-electron chi connectivity index (χ2n) is 4.75. The highest BCUT2D eigenvalue weighted by molar-refractivity contribution is 5.96. The first kappa shape index (κ1) is 16.6. The maximum atomic E-state index is 12.4. The summed E-state index contributed by atoms with van der Waals surface area (Å²) < 4.78 is 0. The highest BCUT2D eigenvalue weighted by Crippen LogP contribution is 2.09. The molecule has 1 heterocycles. The van der Waals surface area contributed by atoms with E-state index in [2.05, 4.69) is 10.3 Å². The average molecular weight is 293 g/mol. The molecule has 0 saturated carbocycles. The van der Waals surface area contributed by atoms with E-state index in [4.69, 9.17) is 5.11 Å². The van der Waals surface area contributed by atoms with Crippen LogP contribution in [0.4, 0.5) is 0 Å². The predicted molar refractivity (Wildman–Crippen MR) is 75.8 cm³/mol. The lowest BCUT2D eigenvalue weighted by Gasteiger charge is -2.26. The quantitative estimate of drug-likeness (QED) is 0.793. The maximum Gasteiger partial charge on any atom is 0.326 e. The van der Waals surface area contributed by atoms with Gasteiger partial charge in [0.25, 0.3) is 5.91 Å². The normalized spacial score (nSPS) is 11.6.